The fraction of sp³-hybridized carbons (Fsp3) is 0.769. The number of rotatable bonds is 5. The molecule has 0 atom stereocenters. The van der Waals surface area contributed by atoms with Crippen molar-refractivity contribution < 1.29 is 4.79 Å². The highest BCUT2D eigenvalue weighted by Crippen LogP contribution is 2.32. The number of nitrogen functional groups attached to an aromatic ring is 1. The summed E-state index contributed by atoms with van der Waals surface area (Å²) >= 11 is 1.22. The molecule has 0 radical (unpaired) electrons. The van der Waals surface area contributed by atoms with Crippen LogP contribution in [0, 0.1) is 11.8 Å². The highest BCUT2D eigenvalue weighted by molar-refractivity contribution is 7.18. The number of nitrogens with one attached hydrogen (secondary N) is 1. The molecule has 6 heteroatoms. The van der Waals surface area contributed by atoms with Gasteiger partial charge in [0.2, 0.25) is 16.2 Å². The molecule has 0 bridgehead atoms. The molecular weight excluding hydrogens is 260 g/mol. The van der Waals surface area contributed by atoms with Crippen LogP contribution in [-0.4, -0.2) is 16.1 Å². The summed E-state index contributed by atoms with van der Waals surface area (Å²) in [6.07, 6.45) is 8.23. The van der Waals surface area contributed by atoms with Crippen LogP contribution in [0.5, 0.6) is 0 Å². The normalized spacial score (nSPS) is 23.2. The Bertz CT molecular complexity index is 413. The number of anilines is 2. The summed E-state index contributed by atoms with van der Waals surface area (Å²) < 4.78 is 0. The van der Waals surface area contributed by atoms with Gasteiger partial charge in [-0.3, -0.25) is 4.79 Å². The minimum absolute atomic E-state index is 0.0742. The molecule has 1 amide bonds. The van der Waals surface area contributed by atoms with E-state index in [1.807, 2.05) is 0 Å². The molecule has 1 heterocycles. The molecule has 0 aromatic carbocycles. The number of nitrogens with zero attached hydrogens (tertiary/aromatic N) is 2. The van der Waals surface area contributed by atoms with Gasteiger partial charge in [0.15, 0.2) is 0 Å². The van der Waals surface area contributed by atoms with E-state index in [2.05, 4.69) is 22.4 Å². The number of unbranched alkanes of at least 4 members (excludes halogenated alkanes) is 1. The van der Waals surface area contributed by atoms with Crippen molar-refractivity contribution >= 4 is 27.5 Å². The van der Waals surface area contributed by atoms with E-state index >= 15 is 0 Å². The van der Waals surface area contributed by atoms with E-state index in [4.69, 9.17) is 5.73 Å². The first-order valence-corrected chi connectivity index (χ1v) is 7.90. The first-order chi connectivity index (χ1) is 9.19. The maximum Gasteiger partial charge on any atom is 0.229 e. The lowest BCUT2D eigenvalue weighted by atomic mass is 9.79. The summed E-state index contributed by atoms with van der Waals surface area (Å²) in [5.74, 6) is 1.02. The Hall–Kier alpha value is -1.17. The summed E-state index contributed by atoms with van der Waals surface area (Å²) in [5, 5.41) is 11.2. The highest BCUT2D eigenvalue weighted by Gasteiger charge is 2.26. The minimum atomic E-state index is 0.0742. The van der Waals surface area contributed by atoms with Crippen molar-refractivity contribution in [3.05, 3.63) is 0 Å². The molecule has 2 rings (SSSR count). The lowest BCUT2D eigenvalue weighted by molar-refractivity contribution is -0.121. The standard InChI is InChI=1S/C13H22N4OS/c1-2-3-4-9-5-7-10(8-6-9)11(18)15-13-17-16-12(14)19-13/h9-10H,2-8H2,1H3,(H2,14,16)(H,15,17,18). The number of nitrogens with two attached hydrogens (primary N) is 1. The largest absolute Gasteiger partial charge is 0.374 e. The first-order valence-electron chi connectivity index (χ1n) is 7.09. The molecule has 19 heavy (non-hydrogen) atoms. The van der Waals surface area contributed by atoms with Crippen LogP contribution >= 0.6 is 11.3 Å². The molecule has 0 unspecified atom stereocenters. The summed E-state index contributed by atoms with van der Waals surface area (Å²) in [6.45, 7) is 2.23. The molecule has 1 fully saturated rings. The van der Waals surface area contributed by atoms with Crippen molar-refractivity contribution in [3.63, 3.8) is 0 Å². The van der Waals surface area contributed by atoms with Crippen molar-refractivity contribution in [2.75, 3.05) is 11.1 Å². The molecular formula is C13H22N4OS. The van der Waals surface area contributed by atoms with E-state index in [0.717, 1.165) is 18.8 Å². The van der Waals surface area contributed by atoms with Crippen molar-refractivity contribution in [2.45, 2.75) is 51.9 Å². The zero-order valence-corrected chi connectivity index (χ0v) is 12.2. The van der Waals surface area contributed by atoms with Gasteiger partial charge in [-0.15, -0.1) is 10.2 Å². The first kappa shape index (κ1) is 14.2. The molecule has 1 aliphatic carbocycles. The maximum absolute atomic E-state index is 12.1. The van der Waals surface area contributed by atoms with Crippen molar-refractivity contribution in [1.82, 2.24) is 10.2 Å². The Labute approximate surface area is 118 Å². The van der Waals surface area contributed by atoms with Crippen LogP contribution in [0.25, 0.3) is 0 Å². The van der Waals surface area contributed by atoms with Gasteiger partial charge in [0.05, 0.1) is 0 Å². The van der Waals surface area contributed by atoms with Crippen LogP contribution < -0.4 is 11.1 Å². The molecule has 0 saturated heterocycles. The molecule has 0 aliphatic heterocycles. The molecule has 1 aromatic heterocycles. The predicted molar refractivity (Wildman–Crippen MR) is 77.9 cm³/mol. The van der Waals surface area contributed by atoms with Crippen LogP contribution in [-0.2, 0) is 4.79 Å². The van der Waals surface area contributed by atoms with Crippen LogP contribution in [0.4, 0.5) is 10.3 Å². The second kappa shape index (κ2) is 6.84. The van der Waals surface area contributed by atoms with Crippen LogP contribution in [0.2, 0.25) is 0 Å². The smallest absolute Gasteiger partial charge is 0.229 e. The fourth-order valence-corrected chi connectivity index (χ4v) is 3.21. The maximum atomic E-state index is 12.1. The Balaban J connectivity index is 1.76. The molecule has 3 N–H and O–H groups in total. The zero-order chi connectivity index (χ0) is 13.7. The van der Waals surface area contributed by atoms with Gasteiger partial charge in [-0.2, -0.15) is 0 Å². The van der Waals surface area contributed by atoms with E-state index < -0.39 is 0 Å². The highest BCUT2D eigenvalue weighted by atomic mass is 32.1. The number of hydrogen-bond donors (Lipinski definition) is 2. The van der Waals surface area contributed by atoms with Crippen LogP contribution in [0.15, 0.2) is 0 Å². The van der Waals surface area contributed by atoms with Gasteiger partial charge >= 0.3 is 0 Å². The van der Waals surface area contributed by atoms with E-state index in [9.17, 15) is 4.79 Å². The summed E-state index contributed by atoms with van der Waals surface area (Å²) in [4.78, 5) is 12.1. The second-order valence-electron chi connectivity index (χ2n) is 5.29. The quantitative estimate of drug-likeness (QED) is 0.869. The summed E-state index contributed by atoms with van der Waals surface area (Å²) in [5.41, 5.74) is 5.49. The average Bonchev–Trinajstić information content (AvgIpc) is 2.82. The van der Waals surface area contributed by atoms with Crippen molar-refractivity contribution in [1.29, 1.82) is 0 Å². The van der Waals surface area contributed by atoms with Gasteiger partial charge in [-0.1, -0.05) is 37.5 Å². The summed E-state index contributed by atoms with van der Waals surface area (Å²) in [7, 11) is 0. The van der Waals surface area contributed by atoms with Gasteiger partial charge < -0.3 is 11.1 Å². The topological polar surface area (TPSA) is 80.9 Å². The molecule has 1 aromatic rings. The number of carbonyl (C=O) groups is 1. The van der Waals surface area contributed by atoms with Gasteiger partial charge in [0.1, 0.15) is 0 Å². The van der Waals surface area contributed by atoms with Crippen LogP contribution in [0.3, 0.4) is 0 Å². The van der Waals surface area contributed by atoms with Gasteiger partial charge in [0.25, 0.3) is 0 Å². The SMILES string of the molecule is CCCCC1CCC(C(=O)Nc2nnc(N)s2)CC1. The van der Waals surface area contributed by atoms with Gasteiger partial charge in [-0.05, 0) is 31.6 Å². The molecule has 0 spiro atoms. The Kier molecular flexibility index (Phi) is 5.13. The zero-order valence-electron chi connectivity index (χ0n) is 11.4. The minimum Gasteiger partial charge on any atom is -0.374 e. The Morgan fingerprint density at radius 1 is 1.37 bits per heavy atom. The predicted octanol–water partition coefficient (Wildman–Crippen LogP) is 3.06. The molecule has 1 saturated carbocycles. The molecule has 5 nitrogen and oxygen atoms in total. The van der Waals surface area contributed by atoms with Crippen LogP contribution in [0.1, 0.15) is 51.9 Å². The number of aromatic nitrogens is 2. The fourth-order valence-electron chi connectivity index (χ4n) is 2.70. The van der Waals surface area contributed by atoms with Crippen molar-refractivity contribution in [2.24, 2.45) is 11.8 Å². The number of carbonyl (C=O) groups excluding carboxylic acids is 1. The third-order valence-corrected chi connectivity index (χ3v) is 4.52. The lowest BCUT2D eigenvalue weighted by Gasteiger charge is -2.27. The van der Waals surface area contributed by atoms with Crippen molar-refractivity contribution in [3.8, 4) is 0 Å². The third kappa shape index (κ3) is 4.16. The van der Waals surface area contributed by atoms with Gasteiger partial charge in [-0.25, -0.2) is 0 Å². The Morgan fingerprint density at radius 3 is 2.68 bits per heavy atom. The van der Waals surface area contributed by atoms with E-state index in [-0.39, 0.29) is 11.8 Å². The third-order valence-electron chi connectivity index (χ3n) is 3.85. The van der Waals surface area contributed by atoms with Gasteiger partial charge in [0, 0.05) is 5.92 Å². The van der Waals surface area contributed by atoms with E-state index in [1.54, 1.807) is 0 Å². The summed E-state index contributed by atoms with van der Waals surface area (Å²) in [6, 6.07) is 0. The monoisotopic (exact) mass is 282 g/mol. The number of amides is 1. The van der Waals surface area contributed by atoms with E-state index in [0.29, 0.717) is 10.3 Å². The molecule has 106 valence electrons. The Morgan fingerprint density at radius 2 is 2.11 bits per heavy atom. The number of hydrogen-bond acceptors (Lipinski definition) is 5. The average molecular weight is 282 g/mol. The second-order valence-corrected chi connectivity index (χ2v) is 6.30. The lowest BCUT2D eigenvalue weighted by Crippen LogP contribution is -2.27. The van der Waals surface area contributed by atoms with E-state index in [1.165, 1.54) is 43.4 Å². The molecule has 1 aliphatic rings.